The standard InChI is InChI=1S/C12H12O3/c13-12-7-6-11(15-12)9-14-8-10-4-2-1-3-5-10/h1-7,11H,8-9H2/t11-/m0/s1. The molecule has 0 saturated carbocycles. The third-order valence-corrected chi connectivity index (χ3v) is 2.11. The molecule has 1 aromatic rings. The molecule has 0 amide bonds. The van der Waals surface area contributed by atoms with Crippen molar-refractivity contribution < 1.29 is 14.3 Å². The van der Waals surface area contributed by atoms with Crippen molar-refractivity contribution in [2.24, 2.45) is 0 Å². The largest absolute Gasteiger partial charge is 0.452 e. The maximum Gasteiger partial charge on any atom is 0.331 e. The molecule has 0 N–H and O–H groups in total. The van der Waals surface area contributed by atoms with E-state index in [1.165, 1.54) is 6.08 Å². The van der Waals surface area contributed by atoms with Crippen LogP contribution >= 0.6 is 0 Å². The Morgan fingerprint density at radius 1 is 1.27 bits per heavy atom. The first-order valence-corrected chi connectivity index (χ1v) is 4.85. The van der Waals surface area contributed by atoms with E-state index in [1.807, 2.05) is 30.3 Å². The molecule has 0 unspecified atom stereocenters. The second kappa shape index (κ2) is 4.75. The summed E-state index contributed by atoms with van der Waals surface area (Å²) in [7, 11) is 0. The first-order valence-electron chi connectivity index (χ1n) is 4.85. The Morgan fingerprint density at radius 3 is 2.73 bits per heavy atom. The normalized spacial score (nSPS) is 19.2. The number of carbonyl (C=O) groups is 1. The zero-order chi connectivity index (χ0) is 10.5. The van der Waals surface area contributed by atoms with Gasteiger partial charge in [-0.25, -0.2) is 4.79 Å². The number of benzene rings is 1. The van der Waals surface area contributed by atoms with Gasteiger partial charge in [0.2, 0.25) is 0 Å². The molecule has 1 aromatic carbocycles. The predicted molar refractivity (Wildman–Crippen MR) is 55.1 cm³/mol. The lowest BCUT2D eigenvalue weighted by molar-refractivity contribution is -0.140. The summed E-state index contributed by atoms with van der Waals surface area (Å²) >= 11 is 0. The van der Waals surface area contributed by atoms with Gasteiger partial charge in [-0.05, 0) is 11.6 Å². The number of cyclic esters (lactones) is 1. The molecule has 0 bridgehead atoms. The summed E-state index contributed by atoms with van der Waals surface area (Å²) in [6.07, 6.45) is 2.92. The van der Waals surface area contributed by atoms with Gasteiger partial charge in [-0.2, -0.15) is 0 Å². The average Bonchev–Trinajstić information content (AvgIpc) is 2.66. The second-order valence-electron chi connectivity index (χ2n) is 3.34. The molecule has 15 heavy (non-hydrogen) atoms. The smallest absolute Gasteiger partial charge is 0.331 e. The molecule has 1 atom stereocenters. The van der Waals surface area contributed by atoms with E-state index >= 15 is 0 Å². The highest BCUT2D eigenvalue weighted by atomic mass is 16.6. The number of esters is 1. The van der Waals surface area contributed by atoms with E-state index in [0.717, 1.165) is 5.56 Å². The second-order valence-corrected chi connectivity index (χ2v) is 3.34. The van der Waals surface area contributed by atoms with Crippen LogP contribution in [-0.4, -0.2) is 18.7 Å². The molecule has 1 aliphatic heterocycles. The van der Waals surface area contributed by atoms with Crippen LogP contribution in [0.4, 0.5) is 0 Å². The van der Waals surface area contributed by atoms with Gasteiger partial charge in [0.25, 0.3) is 0 Å². The third-order valence-electron chi connectivity index (χ3n) is 2.11. The topological polar surface area (TPSA) is 35.5 Å². The van der Waals surface area contributed by atoms with E-state index in [1.54, 1.807) is 6.08 Å². The Labute approximate surface area is 88.3 Å². The van der Waals surface area contributed by atoms with Crippen LogP contribution in [0.2, 0.25) is 0 Å². The molecule has 0 aromatic heterocycles. The van der Waals surface area contributed by atoms with Crippen molar-refractivity contribution in [3.05, 3.63) is 48.0 Å². The van der Waals surface area contributed by atoms with E-state index < -0.39 is 0 Å². The SMILES string of the molecule is O=C1C=C[C@@H](COCc2ccccc2)O1. The van der Waals surface area contributed by atoms with Gasteiger partial charge < -0.3 is 9.47 Å². The van der Waals surface area contributed by atoms with Crippen LogP contribution in [0, 0.1) is 0 Å². The van der Waals surface area contributed by atoms with Gasteiger partial charge in [-0.15, -0.1) is 0 Å². The highest BCUT2D eigenvalue weighted by Gasteiger charge is 2.15. The van der Waals surface area contributed by atoms with Crippen LogP contribution in [0.1, 0.15) is 5.56 Å². The number of carbonyl (C=O) groups excluding carboxylic acids is 1. The number of hydrogen-bond acceptors (Lipinski definition) is 3. The molecule has 1 aliphatic rings. The van der Waals surface area contributed by atoms with Crippen molar-refractivity contribution in [3.63, 3.8) is 0 Å². The Hall–Kier alpha value is -1.61. The Kier molecular flexibility index (Phi) is 3.15. The van der Waals surface area contributed by atoms with E-state index in [-0.39, 0.29) is 12.1 Å². The molecule has 0 aliphatic carbocycles. The fraction of sp³-hybridized carbons (Fsp3) is 0.250. The maximum absolute atomic E-state index is 10.7. The lowest BCUT2D eigenvalue weighted by Crippen LogP contribution is -2.15. The lowest BCUT2D eigenvalue weighted by Gasteiger charge is -2.09. The summed E-state index contributed by atoms with van der Waals surface area (Å²) in [4.78, 5) is 10.7. The third kappa shape index (κ3) is 2.92. The highest BCUT2D eigenvalue weighted by molar-refractivity contribution is 5.84. The van der Waals surface area contributed by atoms with Gasteiger partial charge in [0, 0.05) is 6.08 Å². The summed E-state index contributed by atoms with van der Waals surface area (Å²) < 4.78 is 10.3. The zero-order valence-electron chi connectivity index (χ0n) is 8.26. The molecule has 0 radical (unpaired) electrons. The van der Waals surface area contributed by atoms with E-state index in [9.17, 15) is 4.79 Å². The van der Waals surface area contributed by atoms with Crippen molar-refractivity contribution in [1.29, 1.82) is 0 Å². The quantitative estimate of drug-likeness (QED) is 0.700. The molecule has 1 heterocycles. The molecule has 2 rings (SSSR count). The minimum Gasteiger partial charge on any atom is -0.452 e. The fourth-order valence-electron chi connectivity index (χ4n) is 1.37. The van der Waals surface area contributed by atoms with Gasteiger partial charge in [0.05, 0.1) is 13.2 Å². The maximum atomic E-state index is 10.7. The predicted octanol–water partition coefficient (Wildman–Crippen LogP) is 1.68. The summed E-state index contributed by atoms with van der Waals surface area (Å²) in [5.41, 5.74) is 1.12. The Morgan fingerprint density at radius 2 is 2.07 bits per heavy atom. The summed E-state index contributed by atoms with van der Waals surface area (Å²) in [5.74, 6) is -0.289. The van der Waals surface area contributed by atoms with Gasteiger partial charge in [-0.1, -0.05) is 30.3 Å². The van der Waals surface area contributed by atoms with Crippen LogP contribution in [0.5, 0.6) is 0 Å². The molecule has 0 spiro atoms. The molecule has 78 valence electrons. The first kappa shape index (κ1) is 9.93. The molecule has 3 heteroatoms. The summed E-state index contributed by atoms with van der Waals surface area (Å²) in [5, 5.41) is 0. The van der Waals surface area contributed by atoms with Crippen molar-refractivity contribution in [2.45, 2.75) is 12.7 Å². The van der Waals surface area contributed by atoms with Crippen LogP contribution in [0.3, 0.4) is 0 Å². The van der Waals surface area contributed by atoms with E-state index in [0.29, 0.717) is 13.2 Å². The van der Waals surface area contributed by atoms with E-state index in [2.05, 4.69) is 0 Å². The minimum atomic E-state index is -0.289. The van der Waals surface area contributed by atoms with Crippen molar-refractivity contribution in [3.8, 4) is 0 Å². The van der Waals surface area contributed by atoms with Crippen molar-refractivity contribution in [2.75, 3.05) is 6.61 Å². The van der Waals surface area contributed by atoms with Crippen LogP contribution in [0.15, 0.2) is 42.5 Å². The number of rotatable bonds is 4. The Bertz CT molecular complexity index is 356. The molecule has 3 nitrogen and oxygen atoms in total. The number of ether oxygens (including phenoxy) is 2. The summed E-state index contributed by atoms with van der Waals surface area (Å²) in [6.45, 7) is 0.958. The van der Waals surface area contributed by atoms with Crippen molar-refractivity contribution in [1.82, 2.24) is 0 Å². The zero-order valence-corrected chi connectivity index (χ0v) is 8.26. The van der Waals surface area contributed by atoms with Crippen LogP contribution < -0.4 is 0 Å². The van der Waals surface area contributed by atoms with Crippen LogP contribution in [0.25, 0.3) is 0 Å². The highest BCUT2D eigenvalue weighted by Crippen LogP contribution is 2.07. The monoisotopic (exact) mass is 204 g/mol. The lowest BCUT2D eigenvalue weighted by atomic mass is 10.2. The molecule has 0 fully saturated rings. The summed E-state index contributed by atoms with van der Waals surface area (Å²) in [6, 6.07) is 9.89. The first-order chi connectivity index (χ1) is 7.34. The fourth-order valence-corrected chi connectivity index (χ4v) is 1.37. The molecular weight excluding hydrogens is 192 g/mol. The van der Waals surface area contributed by atoms with Gasteiger partial charge >= 0.3 is 5.97 Å². The van der Waals surface area contributed by atoms with Crippen LogP contribution in [-0.2, 0) is 20.9 Å². The number of hydrogen-bond donors (Lipinski definition) is 0. The average molecular weight is 204 g/mol. The molecular formula is C12H12O3. The minimum absolute atomic E-state index is 0.221. The Balaban J connectivity index is 1.72. The molecule has 0 saturated heterocycles. The van der Waals surface area contributed by atoms with Gasteiger partial charge in [-0.3, -0.25) is 0 Å². The van der Waals surface area contributed by atoms with Gasteiger partial charge in [0.15, 0.2) is 0 Å². The van der Waals surface area contributed by atoms with E-state index in [4.69, 9.17) is 9.47 Å². The van der Waals surface area contributed by atoms with Gasteiger partial charge in [0.1, 0.15) is 6.10 Å². The van der Waals surface area contributed by atoms with Crippen molar-refractivity contribution >= 4 is 5.97 Å².